The van der Waals surface area contributed by atoms with E-state index in [-0.39, 0.29) is 25.5 Å². The minimum atomic E-state index is -0.537. The molecule has 0 aliphatic heterocycles. The van der Waals surface area contributed by atoms with Gasteiger partial charge in [-0.15, -0.1) is 0 Å². The Morgan fingerprint density at radius 2 is 2.30 bits per heavy atom. The summed E-state index contributed by atoms with van der Waals surface area (Å²) < 4.78 is 11.4. The maximum absolute atomic E-state index is 11.4. The van der Waals surface area contributed by atoms with Crippen molar-refractivity contribution in [1.29, 1.82) is 0 Å². The van der Waals surface area contributed by atoms with Gasteiger partial charge in [-0.3, -0.25) is 4.79 Å². The summed E-state index contributed by atoms with van der Waals surface area (Å²) in [5.41, 5.74) is 0. The second-order valence-electron chi connectivity index (χ2n) is 1.87. The van der Waals surface area contributed by atoms with Gasteiger partial charge in [-0.05, 0) is 6.42 Å². The number of hydrogen-bond donors (Lipinski definition) is 2. The van der Waals surface area contributed by atoms with Gasteiger partial charge in [0.2, 0.25) is 5.91 Å². The molecule has 0 fully saturated rings. The molecule has 3 nitrogen and oxygen atoms in total. The summed E-state index contributed by atoms with van der Waals surface area (Å²) in [7, 11) is 0. The predicted molar refractivity (Wildman–Crippen MR) is 35.3 cm³/mol. The van der Waals surface area contributed by atoms with E-state index in [4.69, 9.17) is 5.11 Å². The Morgan fingerprint density at radius 3 is 2.80 bits per heavy atom. The number of aliphatic hydroxyl groups excluding tert-OH is 1. The molecule has 0 unspecified atom stereocenters. The topological polar surface area (TPSA) is 49.3 Å². The molecule has 0 atom stereocenters. The van der Waals surface area contributed by atoms with Crippen LogP contribution >= 0.6 is 0 Å². The van der Waals surface area contributed by atoms with E-state index in [1.165, 1.54) is 0 Å². The quantitative estimate of drug-likeness (QED) is 0.571. The minimum absolute atomic E-state index is 0.00302. The Labute approximate surface area is 59.2 Å². The van der Waals surface area contributed by atoms with Crippen molar-refractivity contribution in [3.05, 3.63) is 0 Å². The second kappa shape index (κ2) is 6.48. The lowest BCUT2D eigenvalue weighted by Gasteiger charge is -1.99. The van der Waals surface area contributed by atoms with E-state index >= 15 is 0 Å². The van der Waals surface area contributed by atoms with Crippen molar-refractivity contribution < 1.29 is 14.3 Å². The Bertz CT molecular complexity index is 87.7. The highest BCUT2D eigenvalue weighted by atomic mass is 19.1. The van der Waals surface area contributed by atoms with Crippen LogP contribution in [0, 0.1) is 0 Å². The molecule has 0 spiro atoms. The monoisotopic (exact) mass is 149 g/mol. The van der Waals surface area contributed by atoms with Crippen LogP contribution in [0.1, 0.15) is 12.8 Å². The third-order valence-corrected chi connectivity index (χ3v) is 0.979. The average Bonchev–Trinajstić information content (AvgIpc) is 1.97. The second-order valence-corrected chi connectivity index (χ2v) is 1.87. The molecule has 0 radical (unpaired) electrons. The molecular weight excluding hydrogens is 137 g/mol. The van der Waals surface area contributed by atoms with E-state index in [2.05, 4.69) is 5.32 Å². The molecule has 0 aromatic rings. The summed E-state index contributed by atoms with van der Waals surface area (Å²) in [6, 6.07) is 0. The number of carbonyl (C=O) groups excluding carboxylic acids is 1. The molecule has 4 heteroatoms. The van der Waals surface area contributed by atoms with Gasteiger partial charge in [-0.25, -0.2) is 4.39 Å². The first-order valence-corrected chi connectivity index (χ1v) is 3.24. The highest BCUT2D eigenvalue weighted by molar-refractivity contribution is 5.75. The highest BCUT2D eigenvalue weighted by Gasteiger charge is 1.97. The van der Waals surface area contributed by atoms with Crippen LogP contribution in [0.2, 0.25) is 0 Å². The fourth-order valence-electron chi connectivity index (χ4n) is 0.515. The smallest absolute Gasteiger partial charge is 0.220 e. The summed E-state index contributed by atoms with van der Waals surface area (Å²) in [6.45, 7) is -0.460. The van der Waals surface area contributed by atoms with Gasteiger partial charge in [-0.1, -0.05) is 0 Å². The van der Waals surface area contributed by atoms with Crippen molar-refractivity contribution in [2.24, 2.45) is 0 Å². The van der Waals surface area contributed by atoms with Crippen LogP contribution in [0.15, 0.2) is 0 Å². The fraction of sp³-hybridized carbons (Fsp3) is 0.833. The third-order valence-electron chi connectivity index (χ3n) is 0.979. The maximum atomic E-state index is 11.4. The number of nitrogens with one attached hydrogen (secondary N) is 1. The van der Waals surface area contributed by atoms with Crippen molar-refractivity contribution in [1.82, 2.24) is 5.32 Å². The Kier molecular flexibility index (Phi) is 6.06. The Morgan fingerprint density at radius 1 is 1.60 bits per heavy atom. The standard InChI is InChI=1S/C6H12FNO2/c7-3-4-8-6(10)2-1-5-9/h9H,1-5H2,(H,8,10). The average molecular weight is 149 g/mol. The molecule has 0 aromatic carbocycles. The number of hydrogen-bond acceptors (Lipinski definition) is 2. The first kappa shape index (κ1) is 9.36. The van der Waals surface area contributed by atoms with Crippen LogP contribution in [0.4, 0.5) is 4.39 Å². The first-order chi connectivity index (χ1) is 4.81. The Hall–Kier alpha value is -0.640. The summed E-state index contributed by atoms with van der Waals surface area (Å²) in [5.74, 6) is -0.202. The van der Waals surface area contributed by atoms with Crippen molar-refractivity contribution >= 4 is 5.91 Å². The number of rotatable bonds is 5. The van der Waals surface area contributed by atoms with Gasteiger partial charge >= 0.3 is 0 Å². The third kappa shape index (κ3) is 5.50. The van der Waals surface area contributed by atoms with E-state index in [1.54, 1.807) is 0 Å². The first-order valence-electron chi connectivity index (χ1n) is 3.24. The molecule has 10 heavy (non-hydrogen) atoms. The zero-order valence-corrected chi connectivity index (χ0v) is 5.77. The van der Waals surface area contributed by atoms with Crippen molar-refractivity contribution in [3.63, 3.8) is 0 Å². The zero-order chi connectivity index (χ0) is 7.82. The van der Waals surface area contributed by atoms with E-state index in [1.807, 2.05) is 0 Å². The lowest BCUT2D eigenvalue weighted by molar-refractivity contribution is -0.121. The molecule has 0 aromatic heterocycles. The molecule has 2 N–H and O–H groups in total. The minimum Gasteiger partial charge on any atom is -0.396 e. The number of carbonyl (C=O) groups is 1. The van der Waals surface area contributed by atoms with Crippen molar-refractivity contribution in [2.45, 2.75) is 12.8 Å². The predicted octanol–water partition coefficient (Wildman–Crippen LogP) is -0.155. The molecule has 0 rings (SSSR count). The lowest BCUT2D eigenvalue weighted by Crippen LogP contribution is -2.25. The zero-order valence-electron chi connectivity index (χ0n) is 5.77. The Balaban J connectivity index is 3.09. The summed E-state index contributed by atoms with van der Waals surface area (Å²) in [6.07, 6.45) is 0.717. The number of halogens is 1. The normalized spacial score (nSPS) is 9.40. The van der Waals surface area contributed by atoms with Gasteiger partial charge in [0.15, 0.2) is 0 Å². The van der Waals surface area contributed by atoms with E-state index < -0.39 is 6.67 Å². The molecule has 0 bridgehead atoms. The number of amides is 1. The number of alkyl halides is 1. The van der Waals surface area contributed by atoms with Crippen LogP contribution in [0.25, 0.3) is 0 Å². The lowest BCUT2D eigenvalue weighted by atomic mass is 10.3. The van der Waals surface area contributed by atoms with Crippen molar-refractivity contribution in [3.8, 4) is 0 Å². The SMILES string of the molecule is O=C(CCCO)NCCF. The summed E-state index contributed by atoms with van der Waals surface area (Å²) >= 11 is 0. The largest absolute Gasteiger partial charge is 0.396 e. The number of aliphatic hydroxyl groups is 1. The van der Waals surface area contributed by atoms with Crippen molar-refractivity contribution in [2.75, 3.05) is 19.8 Å². The van der Waals surface area contributed by atoms with Crippen LogP contribution in [-0.2, 0) is 4.79 Å². The summed E-state index contributed by atoms with van der Waals surface area (Å²) in [4.78, 5) is 10.6. The molecule has 0 heterocycles. The van der Waals surface area contributed by atoms with Gasteiger partial charge in [0.25, 0.3) is 0 Å². The highest BCUT2D eigenvalue weighted by Crippen LogP contribution is 1.85. The van der Waals surface area contributed by atoms with Gasteiger partial charge in [-0.2, -0.15) is 0 Å². The molecular formula is C6H12FNO2. The van der Waals surface area contributed by atoms with Gasteiger partial charge in [0.05, 0.1) is 0 Å². The molecule has 0 saturated heterocycles. The summed E-state index contributed by atoms with van der Waals surface area (Å²) in [5, 5.41) is 10.6. The van der Waals surface area contributed by atoms with Crippen LogP contribution in [0.5, 0.6) is 0 Å². The van der Waals surface area contributed by atoms with Gasteiger partial charge < -0.3 is 10.4 Å². The molecule has 1 amide bonds. The van der Waals surface area contributed by atoms with Gasteiger partial charge in [0.1, 0.15) is 6.67 Å². The van der Waals surface area contributed by atoms with Crippen LogP contribution in [-0.4, -0.2) is 30.8 Å². The molecule has 60 valence electrons. The molecule has 0 aliphatic rings. The van der Waals surface area contributed by atoms with Gasteiger partial charge in [0, 0.05) is 19.6 Å². The fourth-order valence-corrected chi connectivity index (χ4v) is 0.515. The van der Waals surface area contributed by atoms with Crippen LogP contribution < -0.4 is 5.32 Å². The molecule has 0 aliphatic carbocycles. The van der Waals surface area contributed by atoms with E-state index in [0.29, 0.717) is 6.42 Å². The van der Waals surface area contributed by atoms with E-state index in [9.17, 15) is 9.18 Å². The maximum Gasteiger partial charge on any atom is 0.220 e. The van der Waals surface area contributed by atoms with Crippen LogP contribution in [0.3, 0.4) is 0 Å². The molecule has 0 saturated carbocycles. The van der Waals surface area contributed by atoms with E-state index in [0.717, 1.165) is 0 Å².